The average molecular weight is 291 g/mol. The Morgan fingerprint density at radius 1 is 1.20 bits per heavy atom. The van der Waals surface area contributed by atoms with E-state index in [0.29, 0.717) is 0 Å². The topological polar surface area (TPSA) is 41.5 Å². The summed E-state index contributed by atoms with van der Waals surface area (Å²) in [4.78, 5) is 0. The van der Waals surface area contributed by atoms with Crippen LogP contribution in [0.3, 0.4) is 0 Å². The third-order valence-electron chi connectivity index (χ3n) is 2.47. The second kappa shape index (κ2) is 6.45. The molecule has 0 aliphatic heterocycles. The highest BCUT2D eigenvalue weighted by atomic mass is 19.4. The van der Waals surface area contributed by atoms with Crippen LogP contribution < -0.4 is 5.32 Å². The SMILES string of the molecule is CC(C)(C)OCC(O)CNc1ccccc1C(F)(F)F. The van der Waals surface area contributed by atoms with E-state index in [1.807, 2.05) is 20.8 Å². The van der Waals surface area contributed by atoms with Gasteiger partial charge in [-0.25, -0.2) is 0 Å². The van der Waals surface area contributed by atoms with Gasteiger partial charge in [0, 0.05) is 12.2 Å². The van der Waals surface area contributed by atoms with Crippen molar-refractivity contribution in [1.29, 1.82) is 0 Å². The van der Waals surface area contributed by atoms with E-state index >= 15 is 0 Å². The van der Waals surface area contributed by atoms with Crippen LogP contribution in [-0.4, -0.2) is 30.0 Å². The largest absolute Gasteiger partial charge is 0.418 e. The third kappa shape index (κ3) is 5.79. The van der Waals surface area contributed by atoms with Crippen molar-refractivity contribution >= 4 is 5.69 Å². The van der Waals surface area contributed by atoms with Crippen LogP contribution in [-0.2, 0) is 10.9 Å². The lowest BCUT2D eigenvalue weighted by Crippen LogP contribution is -2.30. The van der Waals surface area contributed by atoms with Crippen LogP contribution in [0.1, 0.15) is 26.3 Å². The number of hydrogen-bond donors (Lipinski definition) is 2. The summed E-state index contributed by atoms with van der Waals surface area (Å²) >= 11 is 0. The van der Waals surface area contributed by atoms with E-state index < -0.39 is 23.4 Å². The molecule has 1 rings (SSSR count). The minimum atomic E-state index is -4.42. The van der Waals surface area contributed by atoms with Gasteiger partial charge in [-0.15, -0.1) is 0 Å². The predicted molar refractivity (Wildman–Crippen MR) is 71.6 cm³/mol. The third-order valence-corrected chi connectivity index (χ3v) is 2.47. The number of hydrogen-bond acceptors (Lipinski definition) is 3. The van der Waals surface area contributed by atoms with E-state index in [-0.39, 0.29) is 18.8 Å². The van der Waals surface area contributed by atoms with Gasteiger partial charge in [0.05, 0.1) is 23.9 Å². The number of para-hydroxylation sites is 1. The molecule has 0 fully saturated rings. The molecule has 20 heavy (non-hydrogen) atoms. The van der Waals surface area contributed by atoms with E-state index in [2.05, 4.69) is 5.32 Å². The van der Waals surface area contributed by atoms with E-state index in [9.17, 15) is 18.3 Å². The Kier molecular flexibility index (Phi) is 5.42. The molecular weight excluding hydrogens is 271 g/mol. The summed E-state index contributed by atoms with van der Waals surface area (Å²) in [5.74, 6) is 0. The minimum Gasteiger partial charge on any atom is -0.389 e. The number of benzene rings is 1. The molecule has 0 aliphatic rings. The number of nitrogens with one attached hydrogen (secondary N) is 1. The fourth-order valence-corrected chi connectivity index (χ4v) is 1.52. The zero-order chi connectivity index (χ0) is 15.4. The van der Waals surface area contributed by atoms with E-state index in [1.165, 1.54) is 18.2 Å². The van der Waals surface area contributed by atoms with Gasteiger partial charge in [0.15, 0.2) is 0 Å². The summed E-state index contributed by atoms with van der Waals surface area (Å²) in [6.45, 7) is 5.57. The Labute approximate surface area is 116 Å². The molecule has 0 saturated heterocycles. The van der Waals surface area contributed by atoms with Crippen LogP contribution in [0.5, 0.6) is 0 Å². The predicted octanol–water partition coefficient (Wildman–Crippen LogP) is 3.29. The normalized spacial score (nSPS) is 14.2. The monoisotopic (exact) mass is 291 g/mol. The summed E-state index contributed by atoms with van der Waals surface area (Å²) in [6, 6.07) is 5.17. The molecule has 1 atom stereocenters. The second-order valence-corrected chi connectivity index (χ2v) is 5.50. The number of aliphatic hydroxyl groups is 1. The van der Waals surface area contributed by atoms with Crippen LogP contribution in [0.4, 0.5) is 18.9 Å². The van der Waals surface area contributed by atoms with Crippen LogP contribution in [0, 0.1) is 0 Å². The van der Waals surface area contributed by atoms with E-state index in [1.54, 1.807) is 0 Å². The highest BCUT2D eigenvalue weighted by Gasteiger charge is 2.33. The Balaban J connectivity index is 2.58. The smallest absolute Gasteiger partial charge is 0.389 e. The lowest BCUT2D eigenvalue weighted by Gasteiger charge is -2.22. The maximum absolute atomic E-state index is 12.7. The van der Waals surface area contributed by atoms with Gasteiger partial charge in [-0.2, -0.15) is 13.2 Å². The summed E-state index contributed by atoms with van der Waals surface area (Å²) in [5.41, 5.74) is -1.19. The van der Waals surface area contributed by atoms with Crippen molar-refractivity contribution < 1.29 is 23.0 Å². The Hall–Kier alpha value is -1.27. The van der Waals surface area contributed by atoms with Gasteiger partial charge in [0.25, 0.3) is 0 Å². The molecule has 0 saturated carbocycles. The van der Waals surface area contributed by atoms with E-state index in [4.69, 9.17) is 4.74 Å². The molecule has 6 heteroatoms. The van der Waals surface area contributed by atoms with Gasteiger partial charge >= 0.3 is 6.18 Å². The fraction of sp³-hybridized carbons (Fsp3) is 0.571. The summed E-state index contributed by atoms with van der Waals surface area (Å²) < 4.78 is 43.6. The number of ether oxygens (including phenoxy) is 1. The lowest BCUT2D eigenvalue weighted by atomic mass is 10.1. The van der Waals surface area contributed by atoms with Crippen LogP contribution in [0.15, 0.2) is 24.3 Å². The molecule has 0 spiro atoms. The number of aliphatic hydroxyl groups excluding tert-OH is 1. The molecule has 0 bridgehead atoms. The molecule has 1 aromatic rings. The van der Waals surface area contributed by atoms with Crippen LogP contribution >= 0.6 is 0 Å². The minimum absolute atomic E-state index is 0.0107. The van der Waals surface area contributed by atoms with Crippen molar-refractivity contribution in [3.05, 3.63) is 29.8 Å². The molecule has 114 valence electrons. The molecule has 0 aromatic heterocycles. The molecule has 0 radical (unpaired) electrons. The first-order valence-corrected chi connectivity index (χ1v) is 6.32. The number of anilines is 1. The maximum Gasteiger partial charge on any atom is 0.418 e. The molecule has 3 nitrogen and oxygen atoms in total. The fourth-order valence-electron chi connectivity index (χ4n) is 1.52. The Morgan fingerprint density at radius 2 is 1.80 bits per heavy atom. The first-order chi connectivity index (χ1) is 9.09. The van der Waals surface area contributed by atoms with Crippen LogP contribution in [0.2, 0.25) is 0 Å². The summed E-state index contributed by atoms with van der Waals surface area (Å²) in [6.07, 6.45) is -5.30. The van der Waals surface area contributed by atoms with Crippen molar-refractivity contribution in [2.45, 2.75) is 38.7 Å². The van der Waals surface area contributed by atoms with Gasteiger partial charge in [-0.05, 0) is 32.9 Å². The van der Waals surface area contributed by atoms with E-state index in [0.717, 1.165) is 6.07 Å². The molecular formula is C14H20F3NO2. The summed E-state index contributed by atoms with van der Waals surface area (Å²) in [7, 11) is 0. The van der Waals surface area contributed by atoms with Crippen molar-refractivity contribution in [1.82, 2.24) is 0 Å². The molecule has 0 amide bonds. The highest BCUT2D eigenvalue weighted by molar-refractivity contribution is 5.52. The second-order valence-electron chi connectivity index (χ2n) is 5.50. The van der Waals surface area contributed by atoms with Crippen LogP contribution in [0.25, 0.3) is 0 Å². The lowest BCUT2D eigenvalue weighted by molar-refractivity contribution is -0.137. The van der Waals surface area contributed by atoms with Crippen molar-refractivity contribution in [3.8, 4) is 0 Å². The maximum atomic E-state index is 12.7. The van der Waals surface area contributed by atoms with Gasteiger partial charge in [0.2, 0.25) is 0 Å². The standard InChI is InChI=1S/C14H20F3NO2/c1-13(2,3)20-9-10(19)8-18-12-7-5-4-6-11(12)14(15,16)17/h4-7,10,18-19H,8-9H2,1-3H3. The van der Waals surface area contributed by atoms with Crippen molar-refractivity contribution in [2.24, 2.45) is 0 Å². The molecule has 1 unspecified atom stereocenters. The number of halogens is 3. The first-order valence-electron chi connectivity index (χ1n) is 6.32. The zero-order valence-corrected chi connectivity index (χ0v) is 11.8. The van der Waals surface area contributed by atoms with Crippen molar-refractivity contribution in [2.75, 3.05) is 18.5 Å². The molecule has 1 aromatic carbocycles. The zero-order valence-electron chi connectivity index (χ0n) is 11.8. The average Bonchev–Trinajstić information content (AvgIpc) is 2.32. The Morgan fingerprint density at radius 3 is 2.35 bits per heavy atom. The van der Waals surface area contributed by atoms with Crippen molar-refractivity contribution in [3.63, 3.8) is 0 Å². The molecule has 0 aliphatic carbocycles. The summed E-state index contributed by atoms with van der Waals surface area (Å²) in [5, 5.41) is 12.3. The van der Waals surface area contributed by atoms with Gasteiger partial charge < -0.3 is 15.2 Å². The van der Waals surface area contributed by atoms with Gasteiger partial charge in [-0.3, -0.25) is 0 Å². The molecule has 0 heterocycles. The number of rotatable bonds is 5. The Bertz CT molecular complexity index is 427. The number of alkyl halides is 3. The van der Waals surface area contributed by atoms with Gasteiger partial charge in [0.1, 0.15) is 0 Å². The molecule has 2 N–H and O–H groups in total. The quantitative estimate of drug-likeness (QED) is 0.874. The first kappa shape index (κ1) is 16.8. The highest BCUT2D eigenvalue weighted by Crippen LogP contribution is 2.34. The van der Waals surface area contributed by atoms with Gasteiger partial charge in [-0.1, -0.05) is 12.1 Å².